The van der Waals surface area contributed by atoms with Gasteiger partial charge in [0.1, 0.15) is 11.6 Å². The largest absolute Gasteiger partial charge is 0.493 e. The minimum Gasteiger partial charge on any atom is -0.493 e. The molecule has 2 aromatic rings. The Balaban J connectivity index is 1.74. The fourth-order valence-electron chi connectivity index (χ4n) is 1.87. The van der Waals surface area contributed by atoms with Gasteiger partial charge in [0.15, 0.2) is 0 Å². The third-order valence-electron chi connectivity index (χ3n) is 2.82. The summed E-state index contributed by atoms with van der Waals surface area (Å²) in [6, 6.07) is 15.8. The Kier molecular flexibility index (Phi) is 4.93. The summed E-state index contributed by atoms with van der Waals surface area (Å²) >= 11 is 0. The number of halogens is 1. The average molecular weight is 260 g/mol. The van der Waals surface area contributed by atoms with Crippen LogP contribution < -0.4 is 4.74 Å². The standard InChI is InChI=1S/C16H17FO2/c17-14-6-4-5-13(11-14)12-15(18)9-10-19-16-7-2-1-3-8-16/h1-8,11,15,18H,9-10,12H2. The van der Waals surface area contributed by atoms with E-state index in [-0.39, 0.29) is 5.82 Å². The van der Waals surface area contributed by atoms with Gasteiger partial charge in [0.25, 0.3) is 0 Å². The van der Waals surface area contributed by atoms with Gasteiger partial charge in [0.05, 0.1) is 12.7 Å². The van der Waals surface area contributed by atoms with Gasteiger partial charge in [-0.1, -0.05) is 30.3 Å². The SMILES string of the molecule is OC(CCOc1ccccc1)Cc1cccc(F)c1. The maximum atomic E-state index is 13.0. The highest BCUT2D eigenvalue weighted by molar-refractivity contribution is 5.21. The maximum Gasteiger partial charge on any atom is 0.123 e. The second kappa shape index (κ2) is 6.90. The molecule has 1 atom stereocenters. The van der Waals surface area contributed by atoms with Crippen molar-refractivity contribution < 1.29 is 14.2 Å². The molecule has 1 unspecified atom stereocenters. The molecule has 0 fully saturated rings. The van der Waals surface area contributed by atoms with Crippen LogP contribution in [0, 0.1) is 5.82 Å². The lowest BCUT2D eigenvalue weighted by Gasteiger charge is -2.11. The summed E-state index contributed by atoms with van der Waals surface area (Å²) in [4.78, 5) is 0. The van der Waals surface area contributed by atoms with Crippen LogP contribution in [-0.2, 0) is 6.42 Å². The zero-order valence-corrected chi connectivity index (χ0v) is 10.6. The number of hydrogen-bond donors (Lipinski definition) is 1. The van der Waals surface area contributed by atoms with Crippen LogP contribution >= 0.6 is 0 Å². The summed E-state index contributed by atoms with van der Waals surface area (Å²) in [5.41, 5.74) is 0.798. The zero-order chi connectivity index (χ0) is 13.5. The number of benzene rings is 2. The molecular formula is C16H17FO2. The van der Waals surface area contributed by atoms with E-state index in [0.29, 0.717) is 19.4 Å². The van der Waals surface area contributed by atoms with E-state index in [1.54, 1.807) is 6.07 Å². The summed E-state index contributed by atoms with van der Waals surface area (Å²) < 4.78 is 18.5. The molecule has 2 nitrogen and oxygen atoms in total. The average Bonchev–Trinajstić information content (AvgIpc) is 2.40. The van der Waals surface area contributed by atoms with Gasteiger partial charge in [-0.3, -0.25) is 0 Å². The van der Waals surface area contributed by atoms with Crippen LogP contribution in [-0.4, -0.2) is 17.8 Å². The van der Waals surface area contributed by atoms with Crippen LogP contribution in [0.4, 0.5) is 4.39 Å². The maximum absolute atomic E-state index is 13.0. The molecule has 2 rings (SSSR count). The van der Waals surface area contributed by atoms with E-state index in [0.717, 1.165) is 11.3 Å². The van der Waals surface area contributed by atoms with Crippen molar-refractivity contribution in [2.75, 3.05) is 6.61 Å². The molecule has 19 heavy (non-hydrogen) atoms. The van der Waals surface area contributed by atoms with Crippen molar-refractivity contribution in [2.45, 2.75) is 18.9 Å². The molecule has 0 heterocycles. The minimum absolute atomic E-state index is 0.273. The van der Waals surface area contributed by atoms with Crippen LogP contribution in [0.25, 0.3) is 0 Å². The highest BCUT2D eigenvalue weighted by atomic mass is 19.1. The molecule has 0 aliphatic heterocycles. The molecule has 0 saturated heterocycles. The van der Waals surface area contributed by atoms with Crippen molar-refractivity contribution in [1.82, 2.24) is 0 Å². The quantitative estimate of drug-likeness (QED) is 0.864. The number of para-hydroxylation sites is 1. The topological polar surface area (TPSA) is 29.5 Å². The Bertz CT molecular complexity index is 499. The highest BCUT2D eigenvalue weighted by Gasteiger charge is 2.06. The van der Waals surface area contributed by atoms with Crippen molar-refractivity contribution in [3.05, 3.63) is 66.0 Å². The molecule has 0 bridgehead atoms. The Morgan fingerprint density at radius 3 is 2.58 bits per heavy atom. The van der Waals surface area contributed by atoms with Crippen LogP contribution in [0.15, 0.2) is 54.6 Å². The first-order valence-corrected chi connectivity index (χ1v) is 6.34. The lowest BCUT2D eigenvalue weighted by atomic mass is 10.1. The van der Waals surface area contributed by atoms with Gasteiger partial charge in [0.2, 0.25) is 0 Å². The van der Waals surface area contributed by atoms with Gasteiger partial charge in [-0.25, -0.2) is 4.39 Å². The normalized spacial score (nSPS) is 12.1. The lowest BCUT2D eigenvalue weighted by Crippen LogP contribution is -2.14. The molecule has 0 aromatic heterocycles. The Labute approximate surface area is 112 Å². The van der Waals surface area contributed by atoms with Crippen LogP contribution in [0.1, 0.15) is 12.0 Å². The van der Waals surface area contributed by atoms with Gasteiger partial charge >= 0.3 is 0 Å². The molecule has 0 aliphatic carbocycles. The first-order valence-electron chi connectivity index (χ1n) is 6.34. The van der Waals surface area contributed by atoms with Crippen LogP contribution in [0.2, 0.25) is 0 Å². The molecule has 100 valence electrons. The summed E-state index contributed by atoms with van der Waals surface area (Å²) in [5.74, 6) is 0.519. The Morgan fingerprint density at radius 1 is 1.05 bits per heavy atom. The number of aliphatic hydroxyl groups excluding tert-OH is 1. The van der Waals surface area contributed by atoms with E-state index in [9.17, 15) is 9.50 Å². The second-order valence-corrected chi connectivity index (χ2v) is 4.44. The van der Waals surface area contributed by atoms with Crippen molar-refractivity contribution in [2.24, 2.45) is 0 Å². The van der Waals surface area contributed by atoms with Crippen LogP contribution in [0.3, 0.4) is 0 Å². The van der Waals surface area contributed by atoms with Gasteiger partial charge in [-0.05, 0) is 36.2 Å². The van der Waals surface area contributed by atoms with E-state index in [4.69, 9.17) is 4.74 Å². The van der Waals surface area contributed by atoms with E-state index >= 15 is 0 Å². The molecule has 3 heteroatoms. The number of ether oxygens (including phenoxy) is 1. The van der Waals surface area contributed by atoms with Gasteiger partial charge in [0, 0.05) is 6.42 Å². The predicted molar refractivity (Wildman–Crippen MR) is 72.7 cm³/mol. The number of hydrogen-bond acceptors (Lipinski definition) is 2. The molecule has 1 N–H and O–H groups in total. The molecule has 2 aromatic carbocycles. The monoisotopic (exact) mass is 260 g/mol. The molecule has 0 amide bonds. The molecule has 0 saturated carbocycles. The molecule has 0 aliphatic rings. The molecule has 0 spiro atoms. The Hall–Kier alpha value is -1.87. The van der Waals surface area contributed by atoms with E-state index in [1.807, 2.05) is 36.4 Å². The predicted octanol–water partition coefficient (Wildman–Crippen LogP) is 3.20. The number of rotatable bonds is 6. The van der Waals surface area contributed by atoms with E-state index < -0.39 is 6.10 Å². The van der Waals surface area contributed by atoms with Crippen LogP contribution in [0.5, 0.6) is 5.75 Å². The van der Waals surface area contributed by atoms with Crippen molar-refractivity contribution in [3.8, 4) is 5.75 Å². The third kappa shape index (κ3) is 4.72. The van der Waals surface area contributed by atoms with Crippen molar-refractivity contribution in [3.63, 3.8) is 0 Å². The Morgan fingerprint density at radius 2 is 1.84 bits per heavy atom. The molecule has 0 radical (unpaired) electrons. The zero-order valence-electron chi connectivity index (χ0n) is 10.6. The summed E-state index contributed by atoms with van der Waals surface area (Å²) in [6.07, 6.45) is 0.437. The van der Waals surface area contributed by atoms with Gasteiger partial charge in [-0.2, -0.15) is 0 Å². The smallest absolute Gasteiger partial charge is 0.123 e. The van der Waals surface area contributed by atoms with Gasteiger partial charge in [-0.15, -0.1) is 0 Å². The fourth-order valence-corrected chi connectivity index (χ4v) is 1.87. The minimum atomic E-state index is -0.523. The first kappa shape index (κ1) is 13.6. The summed E-state index contributed by atoms with van der Waals surface area (Å²) in [7, 11) is 0. The van der Waals surface area contributed by atoms with E-state index in [1.165, 1.54) is 12.1 Å². The highest BCUT2D eigenvalue weighted by Crippen LogP contribution is 2.11. The second-order valence-electron chi connectivity index (χ2n) is 4.44. The lowest BCUT2D eigenvalue weighted by molar-refractivity contribution is 0.139. The van der Waals surface area contributed by atoms with Gasteiger partial charge < -0.3 is 9.84 Å². The first-order chi connectivity index (χ1) is 9.24. The van der Waals surface area contributed by atoms with Crippen molar-refractivity contribution >= 4 is 0 Å². The van der Waals surface area contributed by atoms with E-state index in [2.05, 4.69) is 0 Å². The fraction of sp³-hybridized carbons (Fsp3) is 0.250. The third-order valence-corrected chi connectivity index (χ3v) is 2.82. The van der Waals surface area contributed by atoms with Crippen molar-refractivity contribution in [1.29, 1.82) is 0 Å². The number of aliphatic hydroxyl groups is 1. The summed E-state index contributed by atoms with van der Waals surface area (Å²) in [6.45, 7) is 0.445. The summed E-state index contributed by atoms with van der Waals surface area (Å²) in [5, 5.41) is 9.87. The molecular weight excluding hydrogens is 243 g/mol.